The van der Waals surface area contributed by atoms with Crippen molar-refractivity contribution >= 4 is 5.97 Å². The molecule has 0 saturated carbocycles. The van der Waals surface area contributed by atoms with Gasteiger partial charge in [0.1, 0.15) is 5.75 Å². The molecule has 1 aromatic carbocycles. The first-order chi connectivity index (χ1) is 10.6. The molecule has 0 spiro atoms. The highest BCUT2D eigenvalue weighted by atomic mass is 16.5. The van der Waals surface area contributed by atoms with Gasteiger partial charge in [-0.1, -0.05) is 38.0 Å². The number of carbonyl (C=O) groups is 1. The highest BCUT2D eigenvalue weighted by Crippen LogP contribution is 2.24. The van der Waals surface area contributed by atoms with Gasteiger partial charge in [0.05, 0.1) is 12.5 Å². The minimum atomic E-state index is -0.775. The Hall–Kier alpha value is -1.55. The fourth-order valence-corrected chi connectivity index (χ4v) is 2.78. The lowest BCUT2D eigenvalue weighted by molar-refractivity contribution is -0.142. The Kier molecular flexibility index (Phi) is 8.60. The van der Waals surface area contributed by atoms with Crippen molar-refractivity contribution in [1.82, 2.24) is 0 Å². The molecule has 1 aromatic rings. The fourth-order valence-electron chi connectivity index (χ4n) is 2.78. The molecule has 0 bridgehead atoms. The topological polar surface area (TPSA) is 72.5 Å². The molecule has 4 nitrogen and oxygen atoms in total. The summed E-state index contributed by atoms with van der Waals surface area (Å²) in [7, 11) is 0. The lowest BCUT2D eigenvalue weighted by Gasteiger charge is -2.19. The first-order valence-electron chi connectivity index (χ1n) is 8.25. The van der Waals surface area contributed by atoms with Crippen LogP contribution in [0.15, 0.2) is 24.3 Å². The summed E-state index contributed by atoms with van der Waals surface area (Å²) in [6.07, 6.45) is 4.71. The van der Waals surface area contributed by atoms with Crippen LogP contribution in [-0.4, -0.2) is 24.2 Å². The predicted molar refractivity (Wildman–Crippen MR) is 89.1 cm³/mol. The summed E-state index contributed by atoms with van der Waals surface area (Å²) in [6.45, 7) is 5.00. The Balaban J connectivity index is 2.49. The number of rotatable bonds is 11. The first-order valence-corrected chi connectivity index (χ1v) is 8.25. The summed E-state index contributed by atoms with van der Waals surface area (Å²) in [4.78, 5) is 11.1. The van der Waals surface area contributed by atoms with Gasteiger partial charge in [0.25, 0.3) is 0 Å². The zero-order chi connectivity index (χ0) is 16.4. The summed E-state index contributed by atoms with van der Waals surface area (Å²) in [5, 5.41) is 9.12. The van der Waals surface area contributed by atoms with Crippen LogP contribution in [0.25, 0.3) is 0 Å². The minimum absolute atomic E-state index is 0.221. The minimum Gasteiger partial charge on any atom is -0.494 e. The number of aliphatic carboxylic acids is 1. The molecular formula is C18H29NO3. The molecule has 0 aliphatic heterocycles. The molecule has 0 radical (unpaired) electrons. The van der Waals surface area contributed by atoms with Crippen molar-refractivity contribution in [3.05, 3.63) is 29.8 Å². The van der Waals surface area contributed by atoms with Crippen LogP contribution >= 0.6 is 0 Å². The van der Waals surface area contributed by atoms with Gasteiger partial charge in [-0.25, -0.2) is 0 Å². The molecule has 1 rings (SSSR count). The number of carboxylic acid groups (broad SMARTS) is 1. The van der Waals surface area contributed by atoms with Crippen molar-refractivity contribution in [1.29, 1.82) is 0 Å². The molecular weight excluding hydrogens is 278 g/mol. The van der Waals surface area contributed by atoms with E-state index in [0.29, 0.717) is 18.9 Å². The maximum absolute atomic E-state index is 11.1. The predicted octanol–water partition coefficient (Wildman–Crippen LogP) is 3.48. The molecule has 3 N–H and O–H groups in total. The number of benzene rings is 1. The monoisotopic (exact) mass is 307 g/mol. The third-order valence-electron chi connectivity index (χ3n) is 4.16. The molecule has 124 valence electrons. The molecule has 0 heterocycles. The molecule has 0 aromatic heterocycles. The summed E-state index contributed by atoms with van der Waals surface area (Å²) >= 11 is 0. The Labute approximate surface area is 133 Å². The van der Waals surface area contributed by atoms with Crippen LogP contribution in [0.3, 0.4) is 0 Å². The summed E-state index contributed by atoms with van der Waals surface area (Å²) in [5.74, 6) is 0.190. The molecule has 2 unspecified atom stereocenters. The van der Waals surface area contributed by atoms with Crippen molar-refractivity contribution < 1.29 is 14.6 Å². The second-order valence-electron chi connectivity index (χ2n) is 5.71. The van der Waals surface area contributed by atoms with E-state index in [1.54, 1.807) is 0 Å². The second kappa shape index (κ2) is 10.2. The number of ether oxygens (including phenoxy) is 1. The zero-order valence-corrected chi connectivity index (χ0v) is 13.8. The van der Waals surface area contributed by atoms with Crippen molar-refractivity contribution in [2.24, 2.45) is 17.6 Å². The third-order valence-corrected chi connectivity index (χ3v) is 4.16. The van der Waals surface area contributed by atoms with Crippen molar-refractivity contribution in [2.45, 2.75) is 46.0 Å². The number of hydrogen-bond donors (Lipinski definition) is 2. The van der Waals surface area contributed by atoms with Gasteiger partial charge in [0.2, 0.25) is 0 Å². The second-order valence-corrected chi connectivity index (χ2v) is 5.71. The van der Waals surface area contributed by atoms with Gasteiger partial charge in [-0.3, -0.25) is 4.79 Å². The summed E-state index contributed by atoms with van der Waals surface area (Å²) < 4.78 is 5.64. The number of hydrogen-bond acceptors (Lipinski definition) is 3. The fraction of sp³-hybridized carbons (Fsp3) is 0.611. The molecule has 0 aliphatic carbocycles. The van der Waals surface area contributed by atoms with Crippen LogP contribution in [0.4, 0.5) is 0 Å². The van der Waals surface area contributed by atoms with Crippen molar-refractivity contribution in [2.75, 3.05) is 13.2 Å². The highest BCUT2D eigenvalue weighted by Gasteiger charge is 2.20. The SMILES string of the molecule is CCOc1ccccc1CCCC(CC)CC(CN)C(=O)O. The van der Waals surface area contributed by atoms with E-state index in [2.05, 4.69) is 13.0 Å². The normalized spacial score (nSPS) is 13.6. The number of carboxylic acids is 1. The number of para-hydroxylation sites is 1. The van der Waals surface area contributed by atoms with E-state index in [1.165, 1.54) is 5.56 Å². The summed E-state index contributed by atoms with van der Waals surface area (Å²) in [6, 6.07) is 8.13. The maximum atomic E-state index is 11.1. The largest absolute Gasteiger partial charge is 0.494 e. The molecule has 0 aliphatic rings. The molecule has 2 atom stereocenters. The van der Waals surface area contributed by atoms with E-state index in [0.717, 1.165) is 31.4 Å². The zero-order valence-electron chi connectivity index (χ0n) is 13.8. The molecule has 0 saturated heterocycles. The Morgan fingerprint density at radius 2 is 2.05 bits per heavy atom. The van der Waals surface area contributed by atoms with Gasteiger partial charge in [0, 0.05) is 6.54 Å². The molecule has 0 amide bonds. The van der Waals surface area contributed by atoms with Crippen LogP contribution in [0.2, 0.25) is 0 Å². The standard InChI is InChI=1S/C18H29NO3/c1-3-14(12-16(13-19)18(20)21)8-7-10-15-9-5-6-11-17(15)22-4-2/h5-6,9,11,14,16H,3-4,7-8,10,12-13,19H2,1-2H3,(H,20,21). The number of nitrogens with two attached hydrogens (primary N) is 1. The Bertz CT molecular complexity index is 448. The average Bonchev–Trinajstić information content (AvgIpc) is 2.52. The quantitative estimate of drug-likeness (QED) is 0.656. The van der Waals surface area contributed by atoms with Crippen molar-refractivity contribution in [3.63, 3.8) is 0 Å². The van der Waals surface area contributed by atoms with E-state index in [1.807, 2.05) is 25.1 Å². The van der Waals surface area contributed by atoms with Crippen LogP contribution in [0.5, 0.6) is 5.75 Å². The number of aryl methyl sites for hydroxylation is 1. The lowest BCUT2D eigenvalue weighted by Crippen LogP contribution is -2.25. The summed E-state index contributed by atoms with van der Waals surface area (Å²) in [5.41, 5.74) is 6.78. The van der Waals surface area contributed by atoms with Gasteiger partial charge in [-0.15, -0.1) is 0 Å². The van der Waals surface area contributed by atoms with Crippen LogP contribution in [-0.2, 0) is 11.2 Å². The molecule has 22 heavy (non-hydrogen) atoms. The maximum Gasteiger partial charge on any atom is 0.307 e. The van der Waals surface area contributed by atoms with Gasteiger partial charge in [-0.05, 0) is 43.7 Å². The van der Waals surface area contributed by atoms with Crippen LogP contribution in [0.1, 0.15) is 45.1 Å². The first kappa shape index (κ1) is 18.5. The van der Waals surface area contributed by atoms with Crippen LogP contribution in [0, 0.1) is 11.8 Å². The average molecular weight is 307 g/mol. The van der Waals surface area contributed by atoms with E-state index >= 15 is 0 Å². The Morgan fingerprint density at radius 1 is 1.32 bits per heavy atom. The molecule has 0 fully saturated rings. The van der Waals surface area contributed by atoms with Gasteiger partial charge >= 0.3 is 5.97 Å². The third kappa shape index (κ3) is 6.06. The molecule has 4 heteroatoms. The van der Waals surface area contributed by atoms with E-state index in [9.17, 15) is 4.79 Å². The van der Waals surface area contributed by atoms with E-state index < -0.39 is 11.9 Å². The highest BCUT2D eigenvalue weighted by molar-refractivity contribution is 5.70. The van der Waals surface area contributed by atoms with E-state index in [-0.39, 0.29) is 6.54 Å². The van der Waals surface area contributed by atoms with Crippen LogP contribution < -0.4 is 10.5 Å². The van der Waals surface area contributed by atoms with E-state index in [4.69, 9.17) is 15.6 Å². The van der Waals surface area contributed by atoms with Gasteiger partial charge in [0.15, 0.2) is 0 Å². The van der Waals surface area contributed by atoms with Gasteiger partial charge in [-0.2, -0.15) is 0 Å². The Morgan fingerprint density at radius 3 is 2.64 bits per heavy atom. The lowest BCUT2D eigenvalue weighted by atomic mass is 9.88. The smallest absolute Gasteiger partial charge is 0.307 e. The van der Waals surface area contributed by atoms with Gasteiger partial charge < -0.3 is 15.6 Å². The van der Waals surface area contributed by atoms with Crippen molar-refractivity contribution in [3.8, 4) is 5.75 Å².